The number of benzene rings is 5. The Hall–Kier alpha value is -4.17. The van der Waals surface area contributed by atoms with Crippen molar-refractivity contribution in [3.8, 4) is 11.4 Å². The van der Waals surface area contributed by atoms with Gasteiger partial charge in [-0.1, -0.05) is 104 Å². The van der Waals surface area contributed by atoms with E-state index in [9.17, 15) is 0 Å². The molecule has 1 aliphatic heterocycles. The minimum Gasteiger partial charge on any atom is -0.309 e. The topological polar surface area (TPSA) is 9.86 Å². The van der Waals surface area contributed by atoms with Gasteiger partial charge < -0.3 is 9.13 Å². The van der Waals surface area contributed by atoms with Crippen molar-refractivity contribution in [1.29, 1.82) is 0 Å². The SMILES string of the molecule is CC1CC=Cc2c1c1cccc3c1n2-c1ccccc1P3(=S)c1ccc2c(c1)c1ccccc1n2-c1ccccc1. The lowest BCUT2D eigenvalue weighted by molar-refractivity contribution is 0.773. The van der Waals surface area contributed by atoms with Gasteiger partial charge in [-0.3, -0.25) is 0 Å². The molecule has 1 aliphatic carbocycles. The fraction of sp³-hybridized carbons (Fsp3) is 0.0811. The van der Waals surface area contributed by atoms with E-state index in [0.29, 0.717) is 5.92 Å². The van der Waals surface area contributed by atoms with Crippen molar-refractivity contribution in [3.05, 3.63) is 133 Å². The lowest BCUT2D eigenvalue weighted by atomic mass is 9.91. The number of fused-ring (bicyclic) bond motifs is 8. The molecule has 2 nitrogen and oxygen atoms in total. The number of nitrogens with zero attached hydrogens (tertiary/aromatic N) is 2. The molecule has 2 aromatic heterocycles. The van der Waals surface area contributed by atoms with Crippen LogP contribution in [0.2, 0.25) is 0 Å². The highest BCUT2D eigenvalue weighted by Crippen LogP contribution is 2.52. The lowest BCUT2D eigenvalue weighted by Crippen LogP contribution is -2.32. The van der Waals surface area contributed by atoms with Crippen LogP contribution in [0, 0.1) is 0 Å². The predicted molar refractivity (Wildman–Crippen MR) is 179 cm³/mol. The van der Waals surface area contributed by atoms with Crippen LogP contribution in [0.25, 0.3) is 50.2 Å². The molecule has 2 atom stereocenters. The first-order valence-electron chi connectivity index (χ1n) is 14.3. The van der Waals surface area contributed by atoms with Gasteiger partial charge in [-0.2, -0.15) is 0 Å². The second kappa shape index (κ2) is 8.42. The summed E-state index contributed by atoms with van der Waals surface area (Å²) >= 11 is 6.99. The molecule has 7 aromatic rings. The van der Waals surface area contributed by atoms with Crippen molar-refractivity contribution in [2.45, 2.75) is 19.3 Å². The number of allylic oxidation sites excluding steroid dienone is 1. The highest BCUT2D eigenvalue weighted by Gasteiger charge is 2.37. The quantitative estimate of drug-likeness (QED) is 0.193. The summed E-state index contributed by atoms with van der Waals surface area (Å²) in [5.41, 5.74) is 8.94. The van der Waals surface area contributed by atoms with Crippen molar-refractivity contribution in [2.24, 2.45) is 0 Å². The molecule has 2 unspecified atom stereocenters. The third kappa shape index (κ3) is 3.00. The van der Waals surface area contributed by atoms with Crippen molar-refractivity contribution in [3.63, 3.8) is 0 Å². The normalized spacial score (nSPS) is 19.1. The van der Waals surface area contributed by atoms with Gasteiger partial charge in [-0.05, 0) is 65.7 Å². The first-order valence-corrected chi connectivity index (χ1v) is 17.1. The van der Waals surface area contributed by atoms with E-state index in [1.54, 1.807) is 0 Å². The largest absolute Gasteiger partial charge is 0.309 e. The summed E-state index contributed by atoms with van der Waals surface area (Å²) in [6.45, 7) is 2.36. The van der Waals surface area contributed by atoms with Crippen LogP contribution < -0.4 is 15.9 Å². The molecule has 0 saturated heterocycles. The third-order valence-electron chi connectivity index (χ3n) is 9.14. The van der Waals surface area contributed by atoms with Gasteiger partial charge in [-0.15, -0.1) is 0 Å². The van der Waals surface area contributed by atoms with Gasteiger partial charge in [0.15, 0.2) is 0 Å². The number of hydrogen-bond acceptors (Lipinski definition) is 1. The van der Waals surface area contributed by atoms with Gasteiger partial charge in [-0.25, -0.2) is 0 Å². The summed E-state index contributed by atoms with van der Waals surface area (Å²) in [6, 6.07) is 39.9. The van der Waals surface area contributed by atoms with E-state index < -0.39 is 6.04 Å². The molecule has 4 heteroatoms. The molecule has 0 spiro atoms. The Bertz CT molecular complexity index is 2290. The minimum absolute atomic E-state index is 0.484. The average Bonchev–Trinajstić information content (AvgIpc) is 3.54. The van der Waals surface area contributed by atoms with Crippen LogP contribution in [0.4, 0.5) is 0 Å². The van der Waals surface area contributed by atoms with Gasteiger partial charge in [0.05, 0.1) is 27.9 Å². The molecule has 0 bridgehead atoms. The Morgan fingerprint density at radius 3 is 2.32 bits per heavy atom. The summed E-state index contributed by atoms with van der Waals surface area (Å²) in [5, 5.41) is 7.73. The maximum Gasteiger partial charge on any atom is 0.0628 e. The zero-order chi connectivity index (χ0) is 27.3. The van der Waals surface area contributed by atoms with E-state index in [-0.39, 0.29) is 0 Å². The molecule has 2 aliphatic rings. The Kier molecular flexibility index (Phi) is 4.83. The Balaban J connectivity index is 1.39. The second-order valence-corrected chi connectivity index (χ2v) is 15.7. The monoisotopic (exact) mass is 562 g/mol. The number of rotatable bonds is 2. The van der Waals surface area contributed by atoms with Crippen LogP contribution in [0.3, 0.4) is 0 Å². The molecule has 0 fully saturated rings. The summed E-state index contributed by atoms with van der Waals surface area (Å²) in [4.78, 5) is 0. The molecule has 0 amide bonds. The van der Waals surface area contributed by atoms with Crippen molar-refractivity contribution in [2.75, 3.05) is 0 Å². The number of hydrogen-bond donors (Lipinski definition) is 0. The molecule has 196 valence electrons. The second-order valence-electron chi connectivity index (χ2n) is 11.3. The highest BCUT2D eigenvalue weighted by atomic mass is 32.4. The predicted octanol–water partition coefficient (Wildman–Crippen LogP) is 8.32. The molecule has 0 radical (unpaired) electrons. The maximum absolute atomic E-state index is 6.99. The molecular formula is C37H27N2PS. The van der Waals surface area contributed by atoms with E-state index in [1.807, 2.05) is 0 Å². The summed E-state index contributed by atoms with van der Waals surface area (Å²) in [5.74, 6) is 0.484. The van der Waals surface area contributed by atoms with Crippen molar-refractivity contribution in [1.82, 2.24) is 9.13 Å². The van der Waals surface area contributed by atoms with E-state index in [4.69, 9.17) is 11.8 Å². The molecule has 0 saturated carbocycles. The Morgan fingerprint density at radius 2 is 1.41 bits per heavy atom. The molecule has 41 heavy (non-hydrogen) atoms. The first-order chi connectivity index (χ1) is 20.2. The fourth-order valence-corrected chi connectivity index (χ4v) is 11.7. The third-order valence-corrected chi connectivity index (χ3v) is 14.1. The van der Waals surface area contributed by atoms with Crippen LogP contribution in [0.5, 0.6) is 0 Å². The number of para-hydroxylation sites is 4. The van der Waals surface area contributed by atoms with Gasteiger partial charge in [0.2, 0.25) is 0 Å². The molecule has 0 N–H and O–H groups in total. The smallest absolute Gasteiger partial charge is 0.0628 e. The van der Waals surface area contributed by atoms with Crippen molar-refractivity contribution >= 4 is 72.5 Å². The van der Waals surface area contributed by atoms with Crippen LogP contribution in [-0.2, 0) is 11.8 Å². The molecular weight excluding hydrogens is 535 g/mol. The maximum atomic E-state index is 6.99. The first kappa shape index (κ1) is 23.5. The van der Waals surface area contributed by atoms with E-state index in [1.165, 1.54) is 71.3 Å². The summed E-state index contributed by atoms with van der Waals surface area (Å²) in [6.07, 6.45) is 5.74. The molecule has 5 aromatic carbocycles. The van der Waals surface area contributed by atoms with Crippen LogP contribution in [0.15, 0.2) is 121 Å². The minimum atomic E-state index is -2.36. The van der Waals surface area contributed by atoms with Gasteiger partial charge in [0.1, 0.15) is 0 Å². The zero-order valence-corrected chi connectivity index (χ0v) is 24.4. The van der Waals surface area contributed by atoms with E-state index in [0.717, 1.165) is 6.42 Å². The zero-order valence-electron chi connectivity index (χ0n) is 22.7. The van der Waals surface area contributed by atoms with Crippen LogP contribution in [-0.4, -0.2) is 9.13 Å². The van der Waals surface area contributed by atoms with E-state index in [2.05, 4.69) is 143 Å². The fourth-order valence-electron chi connectivity index (χ4n) is 7.39. The van der Waals surface area contributed by atoms with Crippen molar-refractivity contribution < 1.29 is 0 Å². The molecule has 9 rings (SSSR count). The number of aromatic nitrogens is 2. The Morgan fingerprint density at radius 1 is 0.683 bits per heavy atom. The molecule has 3 heterocycles. The Labute approximate surface area is 244 Å². The average molecular weight is 563 g/mol. The summed E-state index contributed by atoms with van der Waals surface area (Å²) < 4.78 is 4.89. The highest BCUT2D eigenvalue weighted by molar-refractivity contribution is 8.25. The summed E-state index contributed by atoms with van der Waals surface area (Å²) in [7, 11) is 0. The van der Waals surface area contributed by atoms with Gasteiger partial charge in [0.25, 0.3) is 0 Å². The van der Waals surface area contributed by atoms with E-state index >= 15 is 0 Å². The van der Waals surface area contributed by atoms with Gasteiger partial charge >= 0.3 is 0 Å². The van der Waals surface area contributed by atoms with Gasteiger partial charge in [0, 0.05) is 38.5 Å². The van der Waals surface area contributed by atoms with Crippen LogP contribution in [0.1, 0.15) is 30.5 Å². The lowest BCUT2D eigenvalue weighted by Gasteiger charge is -2.32. The van der Waals surface area contributed by atoms with Crippen LogP contribution >= 0.6 is 6.04 Å². The standard InChI is InChI=1S/C37H27N2PS/c1-24-11-9-18-33-36(24)28-15-10-20-35-37(28)39(33)32-17-7-8-19-34(32)40(35,41)26-21-22-31-29(23-26)27-14-5-6-16-30(27)38(31)25-12-3-2-4-13-25/h2-10,12-24H,11H2,1H3.